The number of pyridine rings is 1. The molecule has 0 saturated heterocycles. The van der Waals surface area contributed by atoms with Crippen LogP contribution >= 0.6 is 0 Å². The van der Waals surface area contributed by atoms with Gasteiger partial charge >= 0.3 is 5.97 Å². The molecule has 8 nitrogen and oxygen atoms in total. The molecular formula is C24H34N6O2. The summed E-state index contributed by atoms with van der Waals surface area (Å²) in [5.74, 6) is 1.20. The number of aryl methyl sites for hydroxylation is 1. The van der Waals surface area contributed by atoms with E-state index in [-0.39, 0.29) is 5.97 Å². The Bertz CT molecular complexity index is 1010. The lowest BCUT2D eigenvalue weighted by Crippen LogP contribution is -2.19. The minimum Gasteiger partial charge on any atom is -0.465 e. The van der Waals surface area contributed by atoms with E-state index in [0.717, 1.165) is 54.8 Å². The van der Waals surface area contributed by atoms with Crippen LogP contribution in [0.2, 0.25) is 0 Å². The van der Waals surface area contributed by atoms with Crippen LogP contribution in [-0.2, 0) is 11.3 Å². The molecule has 32 heavy (non-hydrogen) atoms. The number of imidazole rings is 1. The van der Waals surface area contributed by atoms with Gasteiger partial charge in [0.25, 0.3) is 0 Å². The van der Waals surface area contributed by atoms with Crippen LogP contribution in [0, 0.1) is 0 Å². The first-order valence-electron chi connectivity index (χ1n) is 11.4. The molecule has 8 heteroatoms. The number of nitrogens with one attached hydrogen (secondary N) is 2. The van der Waals surface area contributed by atoms with Crippen molar-refractivity contribution in [3.63, 3.8) is 0 Å². The predicted octanol–water partition coefficient (Wildman–Crippen LogP) is 4.69. The molecule has 2 heterocycles. The highest BCUT2D eigenvalue weighted by molar-refractivity contribution is 5.89. The summed E-state index contributed by atoms with van der Waals surface area (Å²) >= 11 is 0. The SMILES string of the molecule is CCCC(CCC)Nc1ccc2nc(Nc3ccc(C(=O)OC)cc3)n(CCCN)c2n1. The summed E-state index contributed by atoms with van der Waals surface area (Å²) in [4.78, 5) is 21.3. The molecule has 0 radical (unpaired) electrons. The third kappa shape index (κ3) is 5.76. The number of ether oxygens (including phenoxy) is 1. The van der Waals surface area contributed by atoms with E-state index in [1.807, 2.05) is 24.3 Å². The van der Waals surface area contributed by atoms with Gasteiger partial charge in [0.2, 0.25) is 5.95 Å². The molecule has 0 spiro atoms. The van der Waals surface area contributed by atoms with Crippen LogP contribution in [0.1, 0.15) is 56.3 Å². The molecule has 0 aliphatic heterocycles. The van der Waals surface area contributed by atoms with Gasteiger partial charge in [0, 0.05) is 18.3 Å². The van der Waals surface area contributed by atoms with Crippen molar-refractivity contribution in [2.75, 3.05) is 24.3 Å². The van der Waals surface area contributed by atoms with E-state index in [9.17, 15) is 4.79 Å². The summed E-state index contributed by atoms with van der Waals surface area (Å²) in [6, 6.07) is 11.5. The van der Waals surface area contributed by atoms with Gasteiger partial charge in [-0.3, -0.25) is 4.57 Å². The standard InChI is InChI=1S/C24H34N6O2/c1-4-7-18(8-5-2)26-21-14-13-20-22(29-21)30(16-6-15-25)24(28-20)27-19-11-9-17(10-12-19)23(31)32-3/h9-14,18H,4-8,15-16,25H2,1-3H3,(H,26,29)(H,27,28). The third-order valence-electron chi connectivity index (χ3n) is 5.37. The van der Waals surface area contributed by atoms with Gasteiger partial charge in [-0.1, -0.05) is 26.7 Å². The van der Waals surface area contributed by atoms with Crippen molar-refractivity contribution in [1.29, 1.82) is 0 Å². The van der Waals surface area contributed by atoms with Crippen LogP contribution < -0.4 is 16.4 Å². The second kappa shape index (κ2) is 11.5. The zero-order valence-electron chi connectivity index (χ0n) is 19.2. The van der Waals surface area contributed by atoms with Crippen LogP contribution in [0.5, 0.6) is 0 Å². The van der Waals surface area contributed by atoms with Crippen LogP contribution in [0.15, 0.2) is 36.4 Å². The van der Waals surface area contributed by atoms with Crippen molar-refractivity contribution < 1.29 is 9.53 Å². The van der Waals surface area contributed by atoms with E-state index >= 15 is 0 Å². The van der Waals surface area contributed by atoms with Gasteiger partial charge in [0.15, 0.2) is 5.65 Å². The smallest absolute Gasteiger partial charge is 0.337 e. The van der Waals surface area contributed by atoms with E-state index in [0.29, 0.717) is 30.6 Å². The zero-order valence-corrected chi connectivity index (χ0v) is 19.2. The second-order valence-corrected chi connectivity index (χ2v) is 7.88. The van der Waals surface area contributed by atoms with E-state index < -0.39 is 0 Å². The maximum absolute atomic E-state index is 11.7. The molecule has 0 unspecified atom stereocenters. The lowest BCUT2D eigenvalue weighted by Gasteiger charge is -2.18. The van der Waals surface area contributed by atoms with E-state index in [1.165, 1.54) is 7.11 Å². The summed E-state index contributed by atoms with van der Waals surface area (Å²) in [5, 5.41) is 6.95. The highest BCUT2D eigenvalue weighted by Crippen LogP contribution is 2.24. The monoisotopic (exact) mass is 438 g/mol. The molecule has 0 bridgehead atoms. The van der Waals surface area contributed by atoms with E-state index in [1.54, 1.807) is 12.1 Å². The number of aromatic nitrogens is 3. The second-order valence-electron chi connectivity index (χ2n) is 7.88. The number of carbonyl (C=O) groups excluding carboxylic acids is 1. The molecule has 0 aliphatic rings. The van der Waals surface area contributed by atoms with E-state index in [4.69, 9.17) is 20.4 Å². The Balaban J connectivity index is 1.89. The molecule has 1 aromatic carbocycles. The zero-order chi connectivity index (χ0) is 22.9. The van der Waals surface area contributed by atoms with Crippen LogP contribution in [0.3, 0.4) is 0 Å². The van der Waals surface area contributed by atoms with Gasteiger partial charge in [0.05, 0.1) is 12.7 Å². The average molecular weight is 439 g/mol. The van der Waals surface area contributed by atoms with Crippen LogP contribution in [-0.4, -0.2) is 40.2 Å². The lowest BCUT2D eigenvalue weighted by molar-refractivity contribution is 0.0601. The molecular weight excluding hydrogens is 404 g/mol. The molecule has 3 rings (SSSR count). The molecule has 0 atom stereocenters. The number of nitrogens with two attached hydrogens (primary N) is 1. The molecule has 0 saturated carbocycles. The number of anilines is 3. The first-order valence-corrected chi connectivity index (χ1v) is 11.4. The van der Waals surface area contributed by atoms with Crippen molar-refractivity contribution in [3.05, 3.63) is 42.0 Å². The summed E-state index contributed by atoms with van der Waals surface area (Å²) in [7, 11) is 1.37. The van der Waals surface area contributed by atoms with Gasteiger partial charge < -0.3 is 21.1 Å². The molecule has 3 aromatic rings. The number of hydrogen-bond acceptors (Lipinski definition) is 7. The Kier molecular flexibility index (Phi) is 8.44. The normalized spacial score (nSPS) is 11.2. The predicted molar refractivity (Wildman–Crippen MR) is 129 cm³/mol. The molecule has 4 N–H and O–H groups in total. The number of fused-ring (bicyclic) bond motifs is 1. The van der Waals surface area contributed by atoms with Gasteiger partial charge in [-0.15, -0.1) is 0 Å². The largest absolute Gasteiger partial charge is 0.465 e. The fraction of sp³-hybridized carbons (Fsp3) is 0.458. The molecule has 0 amide bonds. The van der Waals surface area contributed by atoms with Crippen molar-refractivity contribution in [2.24, 2.45) is 5.73 Å². The number of rotatable bonds is 12. The average Bonchev–Trinajstić information content (AvgIpc) is 3.14. The van der Waals surface area contributed by atoms with Crippen LogP contribution in [0.25, 0.3) is 11.2 Å². The van der Waals surface area contributed by atoms with Crippen molar-refractivity contribution in [1.82, 2.24) is 14.5 Å². The van der Waals surface area contributed by atoms with Gasteiger partial charge in [-0.05, 0) is 62.2 Å². The maximum atomic E-state index is 11.7. The molecule has 0 fully saturated rings. The first kappa shape index (κ1) is 23.5. The number of esters is 1. The number of nitrogens with zero attached hydrogens (tertiary/aromatic N) is 3. The summed E-state index contributed by atoms with van der Waals surface area (Å²) < 4.78 is 6.83. The summed E-state index contributed by atoms with van der Waals surface area (Å²) in [5.41, 5.74) is 8.75. The Morgan fingerprint density at radius 2 is 1.81 bits per heavy atom. The van der Waals surface area contributed by atoms with Crippen molar-refractivity contribution in [3.8, 4) is 0 Å². The summed E-state index contributed by atoms with van der Waals surface area (Å²) in [6.45, 7) is 5.70. The molecule has 2 aromatic heterocycles. The summed E-state index contributed by atoms with van der Waals surface area (Å²) in [6.07, 6.45) is 5.33. The van der Waals surface area contributed by atoms with Gasteiger partial charge in [0.1, 0.15) is 11.3 Å². The quantitative estimate of drug-likeness (QED) is 0.352. The number of carbonyl (C=O) groups is 1. The molecule has 0 aliphatic carbocycles. The Morgan fingerprint density at radius 3 is 2.44 bits per heavy atom. The van der Waals surface area contributed by atoms with E-state index in [2.05, 4.69) is 29.0 Å². The number of benzene rings is 1. The highest BCUT2D eigenvalue weighted by atomic mass is 16.5. The Labute approximate surface area is 189 Å². The lowest BCUT2D eigenvalue weighted by atomic mass is 10.1. The molecule has 172 valence electrons. The van der Waals surface area contributed by atoms with Crippen molar-refractivity contribution in [2.45, 2.75) is 58.5 Å². The third-order valence-corrected chi connectivity index (χ3v) is 5.37. The van der Waals surface area contributed by atoms with Gasteiger partial charge in [-0.25, -0.2) is 14.8 Å². The maximum Gasteiger partial charge on any atom is 0.337 e. The highest BCUT2D eigenvalue weighted by Gasteiger charge is 2.15. The van der Waals surface area contributed by atoms with Gasteiger partial charge in [-0.2, -0.15) is 0 Å². The van der Waals surface area contributed by atoms with Crippen molar-refractivity contribution >= 4 is 34.6 Å². The topological polar surface area (TPSA) is 107 Å². The number of methoxy groups -OCH3 is 1. The first-order chi connectivity index (χ1) is 15.6. The Hall–Kier alpha value is -3.13. The minimum atomic E-state index is -0.361. The number of hydrogen-bond donors (Lipinski definition) is 3. The fourth-order valence-corrected chi connectivity index (χ4v) is 3.77. The fourth-order valence-electron chi connectivity index (χ4n) is 3.77. The Morgan fingerprint density at radius 1 is 1.09 bits per heavy atom. The van der Waals surface area contributed by atoms with Crippen LogP contribution in [0.4, 0.5) is 17.5 Å². The minimum absolute atomic E-state index is 0.361.